The first kappa shape index (κ1) is 26.9. The van der Waals surface area contributed by atoms with Crippen LogP contribution in [-0.4, -0.2) is 71.9 Å². The molecule has 1 unspecified atom stereocenters. The number of nitrogens with one attached hydrogen (secondary N) is 5. The second kappa shape index (κ2) is 16.8. The largest absolute Gasteiger partial charge is 0.480 e. The van der Waals surface area contributed by atoms with Crippen LogP contribution in [0.4, 0.5) is 4.79 Å². The van der Waals surface area contributed by atoms with E-state index in [0.29, 0.717) is 12.3 Å². The van der Waals surface area contributed by atoms with Crippen LogP contribution >= 0.6 is 44.5 Å². The van der Waals surface area contributed by atoms with Gasteiger partial charge in [-0.2, -0.15) is 10.2 Å². The number of hydrogen-bond acceptors (Lipinski definition) is 9. The van der Waals surface area contributed by atoms with Crippen LogP contribution < -0.4 is 25.0 Å². The topological polar surface area (TPSA) is 190 Å². The lowest BCUT2D eigenvalue weighted by molar-refractivity contribution is -0.141. The predicted molar refractivity (Wildman–Crippen MR) is 119 cm³/mol. The monoisotopic (exact) mass is 561 g/mol. The van der Waals surface area contributed by atoms with Crippen molar-refractivity contribution >= 4 is 87.1 Å². The zero-order chi connectivity index (χ0) is 22.1. The third kappa shape index (κ3) is 15.5. The minimum Gasteiger partial charge on any atom is -0.480 e. The molecule has 13 nitrogen and oxygen atoms in total. The van der Waals surface area contributed by atoms with E-state index in [2.05, 4.69) is 41.9 Å². The molecule has 0 aromatic heterocycles. The Bertz CT molecular complexity index is 637. The smallest absolute Gasteiger partial charge is 0.343 e. The van der Waals surface area contributed by atoms with Crippen LogP contribution in [-0.2, 0) is 19.2 Å². The van der Waals surface area contributed by atoms with Crippen molar-refractivity contribution in [3.8, 4) is 0 Å². The molecule has 6 N–H and O–H groups in total. The fourth-order valence-electron chi connectivity index (χ4n) is 1.50. The number of carboxylic acid groups (broad SMARTS) is 1. The summed E-state index contributed by atoms with van der Waals surface area (Å²) in [5.41, 5.74) is 4.13. The van der Waals surface area contributed by atoms with E-state index >= 15 is 0 Å². The lowest BCUT2D eigenvalue weighted by Gasteiger charge is -2.13. The highest BCUT2D eigenvalue weighted by atomic mass is 127. The van der Waals surface area contributed by atoms with Crippen LogP contribution in [0.5, 0.6) is 0 Å². The van der Waals surface area contributed by atoms with Crippen LogP contribution in [0, 0.1) is 0 Å². The third-order valence-electron chi connectivity index (χ3n) is 2.69. The highest BCUT2D eigenvalue weighted by molar-refractivity contribution is 14.1. The second-order valence-corrected chi connectivity index (χ2v) is 7.98. The van der Waals surface area contributed by atoms with E-state index in [-0.39, 0.29) is 18.6 Å². The number of rotatable bonds is 14. The molecule has 0 radical (unpaired) electrons. The fraction of sp³-hybridized carbons (Fsp3) is 0.462. The van der Waals surface area contributed by atoms with Gasteiger partial charge in [-0.25, -0.2) is 20.4 Å². The van der Waals surface area contributed by atoms with Gasteiger partial charge in [-0.15, -0.1) is 0 Å². The molecule has 0 spiro atoms. The Labute approximate surface area is 187 Å². The van der Waals surface area contributed by atoms with Gasteiger partial charge in [0.15, 0.2) is 0 Å². The molecule has 0 saturated carbocycles. The van der Waals surface area contributed by atoms with E-state index in [1.54, 1.807) is 22.9 Å². The summed E-state index contributed by atoms with van der Waals surface area (Å²) in [6.45, 7) is 3.38. The quantitative estimate of drug-likeness (QED) is 0.0397. The number of carbonyl (C=O) groups is 5. The molecule has 162 valence electrons. The zero-order valence-electron chi connectivity index (χ0n) is 15.0. The Balaban J connectivity index is 3.94. The average molecular weight is 561 g/mol. The Morgan fingerprint density at radius 2 is 1.86 bits per heavy atom. The van der Waals surface area contributed by atoms with E-state index in [4.69, 9.17) is 5.11 Å². The van der Waals surface area contributed by atoms with Gasteiger partial charge in [0.05, 0.1) is 28.6 Å². The molecule has 16 heteroatoms. The molecule has 5 amide bonds. The molecule has 0 bridgehead atoms. The molecule has 0 saturated heterocycles. The maximum Gasteiger partial charge on any atom is 0.343 e. The highest BCUT2D eigenvalue weighted by Crippen LogP contribution is 2.19. The zero-order valence-corrected chi connectivity index (χ0v) is 18.8. The Morgan fingerprint density at radius 3 is 2.48 bits per heavy atom. The lowest BCUT2D eigenvalue weighted by Crippen LogP contribution is -2.42. The van der Waals surface area contributed by atoms with Crippen LogP contribution in [0.25, 0.3) is 0 Å². The average Bonchev–Trinajstić information content (AvgIpc) is 2.67. The van der Waals surface area contributed by atoms with Gasteiger partial charge in [0.1, 0.15) is 12.3 Å². The maximum atomic E-state index is 11.8. The molecule has 0 aliphatic carbocycles. The van der Waals surface area contributed by atoms with E-state index in [9.17, 15) is 24.0 Å². The summed E-state index contributed by atoms with van der Waals surface area (Å²) in [7, 11) is 2.48. The summed E-state index contributed by atoms with van der Waals surface area (Å²) in [5, 5.41) is 20.5. The molecule has 0 aliphatic heterocycles. The van der Waals surface area contributed by atoms with Gasteiger partial charge in [-0.1, -0.05) is 21.6 Å². The Morgan fingerprint density at radius 1 is 1.14 bits per heavy atom. The summed E-state index contributed by atoms with van der Waals surface area (Å²) < 4.78 is 2.23. The number of hydrogen-bond donors (Lipinski definition) is 6. The lowest BCUT2D eigenvalue weighted by atomic mass is 10.1. The van der Waals surface area contributed by atoms with Crippen molar-refractivity contribution in [2.24, 2.45) is 10.2 Å². The van der Waals surface area contributed by atoms with Crippen molar-refractivity contribution in [1.82, 2.24) is 25.0 Å². The van der Waals surface area contributed by atoms with Gasteiger partial charge in [0.25, 0.3) is 5.91 Å². The minimum atomic E-state index is -1.25. The molecule has 29 heavy (non-hydrogen) atoms. The van der Waals surface area contributed by atoms with Gasteiger partial charge < -0.3 is 15.7 Å². The van der Waals surface area contributed by atoms with E-state index in [1.165, 1.54) is 21.6 Å². The summed E-state index contributed by atoms with van der Waals surface area (Å²) in [4.78, 5) is 56.4. The molecule has 0 rings (SSSR count). The SMILES string of the molecule is C=NNC(=O)CCC(NC(=O)CSSCCNC(=O)/C=N/NC(=O)NI)C(=O)O. The van der Waals surface area contributed by atoms with Crippen molar-refractivity contribution in [2.75, 3.05) is 18.1 Å². The number of nitrogens with zero attached hydrogens (tertiary/aromatic N) is 2. The number of urea groups is 1. The van der Waals surface area contributed by atoms with Gasteiger partial charge in [-0.05, 0) is 6.42 Å². The normalized spacial score (nSPS) is 11.2. The summed E-state index contributed by atoms with van der Waals surface area (Å²) >= 11 is 1.61. The van der Waals surface area contributed by atoms with Gasteiger partial charge in [0.2, 0.25) is 11.8 Å². The van der Waals surface area contributed by atoms with Gasteiger partial charge in [-0.3, -0.25) is 17.9 Å². The highest BCUT2D eigenvalue weighted by Gasteiger charge is 2.20. The van der Waals surface area contributed by atoms with E-state index in [1.807, 2.05) is 0 Å². The fourth-order valence-corrected chi connectivity index (χ4v) is 3.37. The number of amides is 5. The van der Waals surface area contributed by atoms with E-state index in [0.717, 1.165) is 6.21 Å². The molecular weight excluding hydrogens is 541 g/mol. The molecule has 0 aromatic carbocycles. The first-order chi connectivity index (χ1) is 13.8. The standard InChI is InChI=1S/C13H20IN7O6S2/c1-15-20-9(22)3-2-8(12(25)26)18-11(24)7-29-28-5-4-16-10(23)6-17-21-13(27)19-14/h6,8H,1-5,7H2,(H,16,23)(H,18,24)(H,20,22)(H,25,26)(H2,19,21,27)/b17-6+. The van der Waals surface area contributed by atoms with E-state index < -0.39 is 35.8 Å². The minimum absolute atomic E-state index is 0.000402. The molecule has 1 atom stereocenters. The number of carboxylic acids is 1. The summed E-state index contributed by atoms with van der Waals surface area (Å²) in [6, 6.07) is -1.76. The van der Waals surface area contributed by atoms with Crippen LogP contribution in [0.2, 0.25) is 0 Å². The number of carbonyl (C=O) groups excluding carboxylic acids is 4. The van der Waals surface area contributed by atoms with Crippen molar-refractivity contribution in [1.29, 1.82) is 0 Å². The first-order valence-corrected chi connectivity index (χ1v) is 11.4. The summed E-state index contributed by atoms with van der Waals surface area (Å²) in [6.07, 6.45) is 0.705. The molecule has 0 aromatic rings. The van der Waals surface area contributed by atoms with Gasteiger partial charge >= 0.3 is 12.0 Å². The van der Waals surface area contributed by atoms with Crippen molar-refractivity contribution in [2.45, 2.75) is 18.9 Å². The van der Waals surface area contributed by atoms with Crippen molar-refractivity contribution in [3.05, 3.63) is 0 Å². The Kier molecular flexibility index (Phi) is 15.6. The molecular formula is C13H20IN7O6S2. The van der Waals surface area contributed by atoms with Crippen molar-refractivity contribution in [3.63, 3.8) is 0 Å². The van der Waals surface area contributed by atoms with Crippen LogP contribution in [0.3, 0.4) is 0 Å². The predicted octanol–water partition coefficient (Wildman–Crippen LogP) is -0.800. The van der Waals surface area contributed by atoms with Crippen molar-refractivity contribution < 1.29 is 29.1 Å². The number of halogens is 1. The molecule has 0 heterocycles. The second-order valence-electron chi connectivity index (χ2n) is 4.86. The van der Waals surface area contributed by atoms with Crippen LogP contribution in [0.1, 0.15) is 12.8 Å². The number of hydrazone groups is 2. The molecule has 0 fully saturated rings. The first-order valence-electron chi connectivity index (χ1n) is 7.78. The number of aliphatic carboxylic acids is 1. The van der Waals surface area contributed by atoms with Crippen LogP contribution in [0.15, 0.2) is 10.2 Å². The summed E-state index contributed by atoms with van der Waals surface area (Å²) in [5.74, 6) is -2.25. The van der Waals surface area contributed by atoms with Gasteiger partial charge in [0, 0.05) is 25.4 Å². The maximum absolute atomic E-state index is 11.8. The molecule has 0 aliphatic rings. The Hall–Kier alpha value is -2.08. The third-order valence-corrected chi connectivity index (χ3v) is 5.45.